The normalized spacial score (nSPS) is 26.4. The van der Waals surface area contributed by atoms with E-state index in [0.29, 0.717) is 10.1 Å². The Morgan fingerprint density at radius 3 is 2.46 bits per heavy atom. The average molecular weight is 488 g/mol. The number of nitrogens with zero attached hydrogens (tertiary/aromatic N) is 3. The van der Waals surface area contributed by atoms with Crippen LogP contribution in [0.5, 0.6) is 0 Å². The maximum atomic E-state index is 14.5. The van der Waals surface area contributed by atoms with Gasteiger partial charge in [-0.05, 0) is 18.6 Å². The van der Waals surface area contributed by atoms with Crippen LogP contribution >= 0.6 is 0 Å². The van der Waals surface area contributed by atoms with Gasteiger partial charge in [-0.1, -0.05) is 48.0 Å². The highest BCUT2D eigenvalue weighted by molar-refractivity contribution is 5.73. The number of hydrogen-bond acceptors (Lipinski definition) is 10. The molecule has 35 heavy (non-hydrogen) atoms. The van der Waals surface area contributed by atoms with Crippen molar-refractivity contribution in [2.75, 3.05) is 12.3 Å². The topological polar surface area (TPSA) is 175 Å². The summed E-state index contributed by atoms with van der Waals surface area (Å²) < 4.78 is 20.1. The third-order valence-corrected chi connectivity index (χ3v) is 6.07. The standard InChI is InChI=1S/C23H25FN4O7/c1-13-6-8-14(9-7-13)11-27(34)22(32)19(30)18(12-29)35-23(22,33)28-20(25)16(10-26-21(28)31)15-4-2-3-5-17(15)24/h2-10,18-19,29-30,32-34H,11-12,25H2,1H3/t18-,19-,22-,23-/m1/s1. The third-order valence-electron chi connectivity index (χ3n) is 6.07. The Labute approximate surface area is 198 Å². The number of aliphatic hydroxyl groups excluding tert-OH is 2. The predicted octanol–water partition coefficient (Wildman–Crippen LogP) is -0.125. The molecule has 4 rings (SSSR count). The molecule has 3 aromatic rings. The molecule has 1 aliphatic rings. The number of aliphatic hydroxyl groups is 4. The number of benzene rings is 2. The van der Waals surface area contributed by atoms with Crippen LogP contribution < -0.4 is 11.4 Å². The monoisotopic (exact) mass is 488 g/mol. The molecule has 0 radical (unpaired) electrons. The van der Waals surface area contributed by atoms with E-state index >= 15 is 0 Å². The Hall–Kier alpha value is -3.23. The largest absolute Gasteiger partial charge is 0.394 e. The summed E-state index contributed by atoms with van der Waals surface area (Å²) >= 11 is 0. The van der Waals surface area contributed by atoms with E-state index in [1.54, 1.807) is 24.3 Å². The predicted molar refractivity (Wildman–Crippen MR) is 120 cm³/mol. The van der Waals surface area contributed by atoms with Gasteiger partial charge in [0, 0.05) is 17.3 Å². The lowest BCUT2D eigenvalue weighted by Crippen LogP contribution is -2.68. The van der Waals surface area contributed by atoms with Gasteiger partial charge in [0.2, 0.25) is 5.72 Å². The van der Waals surface area contributed by atoms with Gasteiger partial charge in [0.1, 0.15) is 23.8 Å². The molecule has 0 unspecified atom stereocenters. The van der Waals surface area contributed by atoms with Crippen molar-refractivity contribution in [2.24, 2.45) is 0 Å². The summed E-state index contributed by atoms with van der Waals surface area (Å²) in [5.74, 6) is -4.54. The molecule has 2 aromatic carbocycles. The van der Waals surface area contributed by atoms with Gasteiger partial charge in [0.15, 0.2) is 0 Å². The molecule has 1 saturated heterocycles. The Bertz CT molecular complexity index is 1290. The summed E-state index contributed by atoms with van der Waals surface area (Å²) in [6.07, 6.45) is -2.80. The second-order valence-corrected chi connectivity index (χ2v) is 8.32. The minimum atomic E-state index is -3.26. The molecule has 0 aliphatic carbocycles. The zero-order valence-corrected chi connectivity index (χ0v) is 18.6. The summed E-state index contributed by atoms with van der Waals surface area (Å²) in [4.78, 5) is 16.4. The lowest BCUT2D eigenvalue weighted by molar-refractivity contribution is -0.413. The zero-order chi connectivity index (χ0) is 25.5. The van der Waals surface area contributed by atoms with Crippen molar-refractivity contribution in [1.82, 2.24) is 14.6 Å². The van der Waals surface area contributed by atoms with Gasteiger partial charge in [-0.2, -0.15) is 0 Å². The minimum Gasteiger partial charge on any atom is -0.394 e. The summed E-state index contributed by atoms with van der Waals surface area (Å²) in [5.41, 5.74) is 2.95. The van der Waals surface area contributed by atoms with Crippen molar-refractivity contribution in [3.63, 3.8) is 0 Å². The number of nitrogens with two attached hydrogens (primary N) is 1. The number of ether oxygens (including phenoxy) is 1. The van der Waals surface area contributed by atoms with Crippen LogP contribution in [0, 0.1) is 12.7 Å². The van der Waals surface area contributed by atoms with Crippen LogP contribution in [0.25, 0.3) is 11.1 Å². The Morgan fingerprint density at radius 2 is 1.83 bits per heavy atom. The van der Waals surface area contributed by atoms with Gasteiger partial charge in [-0.15, -0.1) is 5.06 Å². The molecule has 11 nitrogen and oxygen atoms in total. The minimum absolute atomic E-state index is 0.0730. The first-order valence-corrected chi connectivity index (χ1v) is 10.6. The maximum Gasteiger partial charge on any atom is 0.353 e. The summed E-state index contributed by atoms with van der Waals surface area (Å²) in [7, 11) is 0. The number of aryl methyl sites for hydroxylation is 1. The third kappa shape index (κ3) is 3.90. The molecule has 2 heterocycles. The van der Waals surface area contributed by atoms with E-state index in [4.69, 9.17) is 10.5 Å². The van der Waals surface area contributed by atoms with E-state index in [0.717, 1.165) is 17.8 Å². The van der Waals surface area contributed by atoms with Crippen molar-refractivity contribution in [3.8, 4) is 11.1 Å². The van der Waals surface area contributed by atoms with Crippen molar-refractivity contribution in [3.05, 3.63) is 82.2 Å². The molecule has 12 heteroatoms. The molecule has 0 bridgehead atoms. The number of hydroxylamine groups is 2. The summed E-state index contributed by atoms with van der Waals surface area (Å²) in [6, 6.07) is 12.2. The lowest BCUT2D eigenvalue weighted by atomic mass is 9.99. The Kier molecular flexibility index (Phi) is 6.46. The van der Waals surface area contributed by atoms with E-state index in [9.17, 15) is 34.8 Å². The highest BCUT2D eigenvalue weighted by atomic mass is 19.1. The lowest BCUT2D eigenvalue weighted by Gasteiger charge is -2.42. The molecular formula is C23H25FN4O7. The van der Waals surface area contributed by atoms with E-state index in [1.807, 2.05) is 6.92 Å². The number of aromatic nitrogens is 2. The first kappa shape index (κ1) is 24.9. The fourth-order valence-electron chi connectivity index (χ4n) is 4.12. The number of hydrogen-bond donors (Lipinski definition) is 6. The van der Waals surface area contributed by atoms with Gasteiger partial charge in [0.05, 0.1) is 13.2 Å². The molecule has 7 N–H and O–H groups in total. The van der Waals surface area contributed by atoms with Gasteiger partial charge < -0.3 is 36.1 Å². The van der Waals surface area contributed by atoms with Crippen LogP contribution in [0.1, 0.15) is 11.1 Å². The van der Waals surface area contributed by atoms with Crippen LogP contribution in [0.3, 0.4) is 0 Å². The van der Waals surface area contributed by atoms with Crippen molar-refractivity contribution in [2.45, 2.75) is 37.3 Å². The first-order valence-electron chi connectivity index (χ1n) is 10.6. The second kappa shape index (κ2) is 9.09. The molecular weight excluding hydrogens is 463 g/mol. The molecule has 0 spiro atoms. The molecule has 1 fully saturated rings. The molecule has 0 amide bonds. The van der Waals surface area contributed by atoms with Crippen molar-refractivity contribution in [1.29, 1.82) is 0 Å². The van der Waals surface area contributed by atoms with Crippen molar-refractivity contribution >= 4 is 5.82 Å². The maximum absolute atomic E-state index is 14.5. The van der Waals surface area contributed by atoms with Gasteiger partial charge in [0.25, 0.3) is 0 Å². The highest BCUT2D eigenvalue weighted by Gasteiger charge is 2.70. The fraction of sp³-hybridized carbons (Fsp3) is 0.304. The first-order chi connectivity index (χ1) is 16.5. The zero-order valence-electron chi connectivity index (χ0n) is 18.6. The number of halogens is 1. The van der Waals surface area contributed by atoms with E-state index in [1.165, 1.54) is 18.2 Å². The second-order valence-electron chi connectivity index (χ2n) is 8.32. The van der Waals surface area contributed by atoms with E-state index < -0.39 is 54.3 Å². The fourth-order valence-corrected chi connectivity index (χ4v) is 4.12. The number of rotatable bonds is 6. The molecule has 0 saturated carbocycles. The Balaban J connectivity index is 1.88. The van der Waals surface area contributed by atoms with Gasteiger partial charge in [-0.3, -0.25) is 0 Å². The van der Waals surface area contributed by atoms with Crippen LogP contribution in [0.4, 0.5) is 10.2 Å². The molecule has 186 valence electrons. The summed E-state index contributed by atoms with van der Waals surface area (Å²) in [6.45, 7) is 0.504. The average Bonchev–Trinajstić information content (AvgIpc) is 3.03. The van der Waals surface area contributed by atoms with Gasteiger partial charge >= 0.3 is 11.6 Å². The molecule has 1 aromatic heterocycles. The van der Waals surface area contributed by atoms with Crippen LogP contribution in [-0.2, 0) is 17.2 Å². The van der Waals surface area contributed by atoms with E-state index in [2.05, 4.69) is 4.98 Å². The van der Waals surface area contributed by atoms with Crippen LogP contribution in [-0.4, -0.2) is 64.8 Å². The van der Waals surface area contributed by atoms with E-state index in [-0.39, 0.29) is 16.2 Å². The van der Waals surface area contributed by atoms with Crippen LogP contribution in [0.2, 0.25) is 0 Å². The molecule has 1 aliphatic heterocycles. The molecule has 4 atom stereocenters. The van der Waals surface area contributed by atoms with Crippen LogP contribution in [0.15, 0.2) is 59.5 Å². The Morgan fingerprint density at radius 1 is 1.17 bits per heavy atom. The summed E-state index contributed by atoms with van der Waals surface area (Å²) in [5, 5.41) is 54.6. The quantitative estimate of drug-likeness (QED) is 0.203. The SMILES string of the molecule is Cc1ccc(CN(O)[C@@]2(O)[C@H](O)[C@@H](CO)O[C@@]2(O)n2c(N)c(-c3ccccc3F)cnc2=O)cc1. The number of nitrogen functional groups attached to an aromatic ring is 1. The number of anilines is 1. The van der Waals surface area contributed by atoms with Crippen molar-refractivity contribution < 1.29 is 34.8 Å². The van der Waals surface area contributed by atoms with Gasteiger partial charge in [-0.25, -0.2) is 18.7 Å². The smallest absolute Gasteiger partial charge is 0.353 e. The highest BCUT2D eigenvalue weighted by Crippen LogP contribution is 2.45.